The van der Waals surface area contributed by atoms with Gasteiger partial charge in [-0.25, -0.2) is 9.97 Å². The summed E-state index contributed by atoms with van der Waals surface area (Å²) in [6.07, 6.45) is 9.97. The van der Waals surface area contributed by atoms with Gasteiger partial charge in [0.25, 0.3) is 0 Å². The Hall–Kier alpha value is -0.850. The zero-order valence-corrected chi connectivity index (χ0v) is 15.2. The van der Waals surface area contributed by atoms with E-state index < -0.39 is 0 Å². The molecule has 22 heavy (non-hydrogen) atoms. The highest BCUT2D eigenvalue weighted by Crippen LogP contribution is 2.55. The number of hydrogen-bond donors (Lipinski definition) is 0. The summed E-state index contributed by atoms with van der Waals surface area (Å²) in [5, 5.41) is 1.05. The van der Waals surface area contributed by atoms with Crippen molar-refractivity contribution in [1.82, 2.24) is 9.97 Å². The maximum absolute atomic E-state index is 6.06. The van der Waals surface area contributed by atoms with Gasteiger partial charge in [0.15, 0.2) is 0 Å². The SMILES string of the molecule is CSc1ncncc1C1c2ccccc2OCC1(SC)SC. The second-order valence-electron chi connectivity index (χ2n) is 4.97. The molecule has 6 heteroatoms. The van der Waals surface area contributed by atoms with E-state index in [4.69, 9.17) is 4.74 Å². The van der Waals surface area contributed by atoms with E-state index in [0.717, 1.165) is 10.8 Å². The summed E-state index contributed by atoms with van der Waals surface area (Å²) in [7, 11) is 0. The van der Waals surface area contributed by atoms with E-state index in [1.807, 2.05) is 35.8 Å². The van der Waals surface area contributed by atoms with Crippen molar-refractivity contribution >= 4 is 35.3 Å². The van der Waals surface area contributed by atoms with Gasteiger partial charge in [-0.3, -0.25) is 0 Å². The van der Waals surface area contributed by atoms with E-state index in [1.54, 1.807) is 18.1 Å². The summed E-state index contributed by atoms with van der Waals surface area (Å²) < 4.78 is 5.99. The Kier molecular flexibility index (Phi) is 4.90. The molecule has 1 aromatic heterocycles. The van der Waals surface area contributed by atoms with Crippen molar-refractivity contribution in [2.75, 3.05) is 25.4 Å². The minimum Gasteiger partial charge on any atom is -0.491 e. The van der Waals surface area contributed by atoms with Crippen LogP contribution in [0.2, 0.25) is 0 Å². The highest BCUT2D eigenvalue weighted by molar-refractivity contribution is 8.17. The first kappa shape index (κ1) is 16.0. The minimum atomic E-state index is -0.0659. The maximum atomic E-state index is 6.06. The fourth-order valence-corrected chi connectivity index (χ4v) is 5.45. The lowest BCUT2D eigenvalue weighted by Gasteiger charge is -2.42. The molecule has 1 aromatic carbocycles. The first-order valence-electron chi connectivity index (χ1n) is 6.91. The predicted octanol–water partition coefficient (Wildman–Crippen LogP) is 4.15. The molecule has 0 N–H and O–H groups in total. The van der Waals surface area contributed by atoms with Crippen molar-refractivity contribution in [2.24, 2.45) is 0 Å². The van der Waals surface area contributed by atoms with Crippen LogP contribution in [0.5, 0.6) is 5.75 Å². The van der Waals surface area contributed by atoms with E-state index in [2.05, 4.69) is 46.9 Å². The van der Waals surface area contributed by atoms with Crippen molar-refractivity contribution in [2.45, 2.75) is 15.0 Å². The monoisotopic (exact) mass is 350 g/mol. The Morgan fingerprint density at radius 3 is 2.64 bits per heavy atom. The number of aromatic nitrogens is 2. The van der Waals surface area contributed by atoms with Crippen LogP contribution >= 0.6 is 35.3 Å². The summed E-state index contributed by atoms with van der Waals surface area (Å²) in [6, 6.07) is 8.32. The standard InChI is InChI=1S/C16H18N2OS3/c1-20-15-12(8-17-10-18-15)14-11-6-4-5-7-13(11)19-9-16(14,21-2)22-3/h4-8,10,14H,9H2,1-3H3. The Bertz CT molecular complexity index is 661. The normalized spacial score (nSPS) is 19.3. The quantitative estimate of drug-likeness (QED) is 0.468. The van der Waals surface area contributed by atoms with Crippen LogP contribution in [0.3, 0.4) is 0 Å². The van der Waals surface area contributed by atoms with E-state index >= 15 is 0 Å². The van der Waals surface area contributed by atoms with Crippen LogP contribution in [-0.2, 0) is 0 Å². The van der Waals surface area contributed by atoms with E-state index in [-0.39, 0.29) is 10.00 Å². The summed E-state index contributed by atoms with van der Waals surface area (Å²) in [4.78, 5) is 8.76. The number of ether oxygens (including phenoxy) is 1. The average molecular weight is 351 g/mol. The van der Waals surface area contributed by atoms with Gasteiger partial charge in [0, 0.05) is 23.2 Å². The molecule has 0 fully saturated rings. The van der Waals surface area contributed by atoms with Gasteiger partial charge < -0.3 is 4.74 Å². The van der Waals surface area contributed by atoms with Crippen LogP contribution in [0.4, 0.5) is 0 Å². The molecule has 0 bridgehead atoms. The number of benzene rings is 1. The van der Waals surface area contributed by atoms with Crippen LogP contribution < -0.4 is 4.74 Å². The smallest absolute Gasteiger partial charge is 0.123 e. The zero-order chi connectivity index (χ0) is 15.6. The molecule has 2 aromatic rings. The maximum Gasteiger partial charge on any atom is 0.123 e. The summed E-state index contributed by atoms with van der Waals surface area (Å²) >= 11 is 5.38. The molecule has 0 amide bonds. The Labute approximate surface area is 144 Å². The van der Waals surface area contributed by atoms with Crippen LogP contribution in [0.1, 0.15) is 17.0 Å². The number of thioether (sulfide) groups is 3. The van der Waals surface area contributed by atoms with E-state index in [1.165, 1.54) is 11.1 Å². The van der Waals surface area contributed by atoms with Crippen molar-refractivity contribution < 1.29 is 4.74 Å². The molecule has 3 rings (SSSR count). The van der Waals surface area contributed by atoms with Crippen molar-refractivity contribution in [3.8, 4) is 5.75 Å². The Morgan fingerprint density at radius 2 is 1.91 bits per heavy atom. The second kappa shape index (κ2) is 6.72. The molecule has 1 aliphatic heterocycles. The van der Waals surface area contributed by atoms with Crippen molar-refractivity contribution in [1.29, 1.82) is 0 Å². The van der Waals surface area contributed by atoms with Gasteiger partial charge in [0.1, 0.15) is 27.8 Å². The Morgan fingerprint density at radius 1 is 1.14 bits per heavy atom. The number of fused-ring (bicyclic) bond motifs is 1. The third-order valence-electron chi connectivity index (χ3n) is 4.00. The molecular weight excluding hydrogens is 332 g/mol. The van der Waals surface area contributed by atoms with Crippen LogP contribution in [0.15, 0.2) is 41.8 Å². The Balaban J connectivity index is 2.22. The molecule has 3 nitrogen and oxygen atoms in total. The molecule has 2 heterocycles. The largest absolute Gasteiger partial charge is 0.491 e. The van der Waals surface area contributed by atoms with Gasteiger partial charge in [0.2, 0.25) is 0 Å². The number of hydrogen-bond acceptors (Lipinski definition) is 6. The van der Waals surface area contributed by atoms with Gasteiger partial charge in [-0.2, -0.15) is 0 Å². The lowest BCUT2D eigenvalue weighted by Crippen LogP contribution is -2.40. The number of para-hydroxylation sites is 1. The highest BCUT2D eigenvalue weighted by atomic mass is 32.2. The van der Waals surface area contributed by atoms with Crippen LogP contribution in [0, 0.1) is 0 Å². The molecular formula is C16H18N2OS3. The molecule has 1 unspecified atom stereocenters. The first-order chi connectivity index (χ1) is 10.8. The van der Waals surface area contributed by atoms with Gasteiger partial charge in [0.05, 0.1) is 0 Å². The molecule has 0 saturated carbocycles. The fourth-order valence-electron chi connectivity index (χ4n) is 2.89. The lowest BCUT2D eigenvalue weighted by molar-refractivity contribution is 0.270. The van der Waals surface area contributed by atoms with Gasteiger partial charge in [-0.15, -0.1) is 35.3 Å². The summed E-state index contributed by atoms with van der Waals surface area (Å²) in [5.41, 5.74) is 2.41. The van der Waals surface area contributed by atoms with E-state index in [0.29, 0.717) is 6.61 Å². The zero-order valence-electron chi connectivity index (χ0n) is 12.8. The topological polar surface area (TPSA) is 35.0 Å². The van der Waals surface area contributed by atoms with Crippen molar-refractivity contribution in [3.63, 3.8) is 0 Å². The molecule has 0 spiro atoms. The summed E-state index contributed by atoms with van der Waals surface area (Å²) in [6.45, 7) is 0.680. The molecule has 0 aliphatic carbocycles. The molecule has 116 valence electrons. The minimum absolute atomic E-state index is 0.0659. The molecule has 0 saturated heterocycles. The summed E-state index contributed by atoms with van der Waals surface area (Å²) in [5.74, 6) is 1.19. The number of nitrogens with zero attached hydrogens (tertiary/aromatic N) is 2. The lowest BCUT2D eigenvalue weighted by atomic mass is 9.87. The fraction of sp³-hybridized carbons (Fsp3) is 0.375. The van der Waals surface area contributed by atoms with Crippen LogP contribution in [-0.4, -0.2) is 39.4 Å². The van der Waals surface area contributed by atoms with Gasteiger partial charge in [-0.1, -0.05) is 18.2 Å². The predicted molar refractivity (Wildman–Crippen MR) is 97.4 cm³/mol. The third kappa shape index (κ3) is 2.61. The molecule has 1 aliphatic rings. The third-order valence-corrected chi connectivity index (χ3v) is 7.81. The van der Waals surface area contributed by atoms with Gasteiger partial charge >= 0.3 is 0 Å². The number of rotatable bonds is 4. The molecule has 0 radical (unpaired) electrons. The highest BCUT2D eigenvalue weighted by Gasteiger charge is 2.46. The van der Waals surface area contributed by atoms with E-state index in [9.17, 15) is 0 Å². The van der Waals surface area contributed by atoms with Gasteiger partial charge in [-0.05, 0) is 24.8 Å². The molecule has 1 atom stereocenters. The average Bonchev–Trinajstić information content (AvgIpc) is 2.60. The van der Waals surface area contributed by atoms with Crippen LogP contribution in [0.25, 0.3) is 0 Å². The first-order valence-corrected chi connectivity index (χ1v) is 10.6. The van der Waals surface area contributed by atoms with Crippen molar-refractivity contribution in [3.05, 3.63) is 47.9 Å². The second-order valence-corrected chi connectivity index (χ2v) is 8.29.